The van der Waals surface area contributed by atoms with Gasteiger partial charge in [-0.25, -0.2) is 9.67 Å². The normalized spacial score (nSPS) is 21.1. The van der Waals surface area contributed by atoms with Crippen molar-refractivity contribution in [2.75, 3.05) is 0 Å². The number of hydrogen-bond donors (Lipinski definition) is 2. The van der Waals surface area contributed by atoms with Gasteiger partial charge in [0.2, 0.25) is 11.9 Å². The SMILES string of the molecule is CC1=Nc2ncnn2C(c2cccc(O)c2)C1C(N)=O. The Morgan fingerprint density at radius 2 is 2.25 bits per heavy atom. The fraction of sp³-hybridized carbons (Fsp3) is 0.231. The second kappa shape index (κ2) is 4.44. The first-order valence-corrected chi connectivity index (χ1v) is 6.11. The summed E-state index contributed by atoms with van der Waals surface area (Å²) in [5.41, 5.74) is 6.83. The van der Waals surface area contributed by atoms with Crippen molar-refractivity contribution in [3.05, 3.63) is 36.2 Å². The molecule has 3 rings (SSSR count). The summed E-state index contributed by atoms with van der Waals surface area (Å²) in [7, 11) is 0. The molecule has 3 N–H and O–H groups in total. The number of hydrogen-bond acceptors (Lipinski definition) is 5. The van der Waals surface area contributed by atoms with Gasteiger partial charge in [0, 0.05) is 5.71 Å². The molecule has 1 amide bonds. The molecule has 2 atom stereocenters. The summed E-state index contributed by atoms with van der Waals surface area (Å²) >= 11 is 0. The molecule has 0 bridgehead atoms. The minimum absolute atomic E-state index is 0.118. The molecule has 7 heteroatoms. The predicted octanol–water partition coefficient (Wildman–Crippen LogP) is 0.781. The largest absolute Gasteiger partial charge is 0.508 e. The Kier molecular flexibility index (Phi) is 2.74. The van der Waals surface area contributed by atoms with E-state index in [1.807, 2.05) is 6.07 Å². The summed E-state index contributed by atoms with van der Waals surface area (Å²) < 4.78 is 1.55. The van der Waals surface area contributed by atoms with Crippen molar-refractivity contribution in [3.63, 3.8) is 0 Å². The molecule has 1 aliphatic rings. The van der Waals surface area contributed by atoms with Gasteiger partial charge in [0.15, 0.2) is 0 Å². The fourth-order valence-electron chi connectivity index (χ4n) is 2.52. The fourth-order valence-corrected chi connectivity index (χ4v) is 2.52. The molecule has 2 unspecified atom stereocenters. The van der Waals surface area contributed by atoms with Crippen LogP contribution in [0.3, 0.4) is 0 Å². The number of aromatic nitrogens is 3. The van der Waals surface area contributed by atoms with E-state index in [1.54, 1.807) is 29.8 Å². The van der Waals surface area contributed by atoms with Crippen molar-refractivity contribution in [2.24, 2.45) is 16.6 Å². The molecule has 2 aromatic rings. The van der Waals surface area contributed by atoms with Crippen LogP contribution in [0, 0.1) is 5.92 Å². The van der Waals surface area contributed by atoms with E-state index < -0.39 is 17.9 Å². The van der Waals surface area contributed by atoms with Crippen molar-refractivity contribution >= 4 is 17.6 Å². The molecule has 0 aliphatic carbocycles. The van der Waals surface area contributed by atoms with E-state index in [0.717, 1.165) is 5.56 Å². The second-order valence-corrected chi connectivity index (χ2v) is 4.68. The predicted molar refractivity (Wildman–Crippen MR) is 71.7 cm³/mol. The Labute approximate surface area is 114 Å². The zero-order valence-corrected chi connectivity index (χ0v) is 10.8. The summed E-state index contributed by atoms with van der Waals surface area (Å²) in [6.45, 7) is 1.74. The summed E-state index contributed by atoms with van der Waals surface area (Å²) in [5.74, 6) is -0.562. The van der Waals surface area contributed by atoms with Crippen LogP contribution in [0.15, 0.2) is 35.6 Å². The van der Waals surface area contributed by atoms with Crippen molar-refractivity contribution in [1.82, 2.24) is 14.8 Å². The van der Waals surface area contributed by atoms with Crippen LogP contribution < -0.4 is 5.73 Å². The van der Waals surface area contributed by atoms with Crippen LogP contribution in [0.25, 0.3) is 0 Å². The van der Waals surface area contributed by atoms with Crippen LogP contribution in [0.1, 0.15) is 18.5 Å². The summed E-state index contributed by atoms with van der Waals surface area (Å²) in [4.78, 5) is 20.1. The Bertz CT molecular complexity index is 706. The van der Waals surface area contributed by atoms with E-state index in [4.69, 9.17) is 5.73 Å². The van der Waals surface area contributed by atoms with Crippen LogP contribution in [-0.2, 0) is 4.79 Å². The zero-order chi connectivity index (χ0) is 14.3. The summed E-state index contributed by atoms with van der Waals surface area (Å²) in [5, 5.41) is 13.8. The third-order valence-corrected chi connectivity index (χ3v) is 3.38. The van der Waals surface area contributed by atoms with Gasteiger partial charge in [-0.1, -0.05) is 12.1 Å². The van der Waals surface area contributed by atoms with Gasteiger partial charge in [0.25, 0.3) is 0 Å². The number of carbonyl (C=O) groups is 1. The Hall–Kier alpha value is -2.70. The van der Waals surface area contributed by atoms with Crippen LogP contribution in [0.5, 0.6) is 5.75 Å². The highest BCUT2D eigenvalue weighted by molar-refractivity contribution is 6.04. The van der Waals surface area contributed by atoms with Crippen LogP contribution in [0.2, 0.25) is 0 Å². The molecule has 102 valence electrons. The monoisotopic (exact) mass is 271 g/mol. The van der Waals surface area contributed by atoms with E-state index in [2.05, 4.69) is 15.1 Å². The molecule has 0 fully saturated rings. The number of primary amides is 1. The third kappa shape index (κ3) is 1.83. The number of nitrogens with two attached hydrogens (primary N) is 1. The number of aliphatic imine (C=N–C) groups is 1. The van der Waals surface area contributed by atoms with Gasteiger partial charge in [-0.15, -0.1) is 0 Å². The van der Waals surface area contributed by atoms with Crippen molar-refractivity contribution in [2.45, 2.75) is 13.0 Å². The van der Waals surface area contributed by atoms with E-state index >= 15 is 0 Å². The van der Waals surface area contributed by atoms with Gasteiger partial charge in [-0.05, 0) is 24.6 Å². The van der Waals surface area contributed by atoms with Gasteiger partial charge in [-0.2, -0.15) is 10.1 Å². The lowest BCUT2D eigenvalue weighted by atomic mass is 9.88. The highest BCUT2D eigenvalue weighted by Gasteiger charge is 2.37. The number of phenolic OH excluding ortho intramolecular Hbond substituents is 1. The third-order valence-electron chi connectivity index (χ3n) is 3.38. The molecule has 1 aliphatic heterocycles. The molecule has 0 spiro atoms. The Balaban J connectivity index is 2.19. The van der Waals surface area contributed by atoms with E-state index in [-0.39, 0.29) is 5.75 Å². The molecule has 2 heterocycles. The van der Waals surface area contributed by atoms with E-state index in [1.165, 1.54) is 6.33 Å². The number of fused-ring (bicyclic) bond motifs is 1. The first-order chi connectivity index (χ1) is 9.58. The molecule has 1 aromatic heterocycles. The number of benzene rings is 1. The van der Waals surface area contributed by atoms with Crippen molar-refractivity contribution < 1.29 is 9.90 Å². The number of rotatable bonds is 2. The number of aromatic hydroxyl groups is 1. The molecule has 0 saturated heterocycles. The molecule has 1 aromatic carbocycles. The van der Waals surface area contributed by atoms with Crippen molar-refractivity contribution in [1.29, 1.82) is 0 Å². The van der Waals surface area contributed by atoms with E-state index in [0.29, 0.717) is 11.7 Å². The molecule has 0 saturated carbocycles. The van der Waals surface area contributed by atoms with Crippen LogP contribution in [0.4, 0.5) is 5.95 Å². The quantitative estimate of drug-likeness (QED) is 0.841. The van der Waals surface area contributed by atoms with Gasteiger partial charge in [0.05, 0.1) is 6.04 Å². The second-order valence-electron chi connectivity index (χ2n) is 4.68. The maximum atomic E-state index is 11.8. The average Bonchev–Trinajstić information content (AvgIpc) is 2.84. The number of amides is 1. The lowest BCUT2D eigenvalue weighted by Crippen LogP contribution is -2.39. The lowest BCUT2D eigenvalue weighted by molar-refractivity contribution is -0.120. The lowest BCUT2D eigenvalue weighted by Gasteiger charge is -2.29. The van der Waals surface area contributed by atoms with Gasteiger partial charge < -0.3 is 10.8 Å². The molecule has 20 heavy (non-hydrogen) atoms. The molecular weight excluding hydrogens is 258 g/mol. The smallest absolute Gasteiger partial charge is 0.248 e. The zero-order valence-electron chi connectivity index (χ0n) is 10.8. The van der Waals surface area contributed by atoms with Crippen LogP contribution in [-0.4, -0.2) is 31.5 Å². The minimum Gasteiger partial charge on any atom is -0.508 e. The minimum atomic E-state index is -0.619. The van der Waals surface area contributed by atoms with Gasteiger partial charge >= 0.3 is 0 Å². The molecule has 0 radical (unpaired) electrons. The molecular formula is C13H13N5O2. The summed E-state index contributed by atoms with van der Waals surface area (Å²) in [6, 6.07) is 6.22. The first-order valence-electron chi connectivity index (χ1n) is 6.11. The standard InChI is InChI=1S/C13H13N5O2/c1-7-10(12(14)20)11(8-3-2-4-9(19)5-8)18-13(17-7)15-6-16-18/h2-6,10-11,19H,1H3,(H2,14,20). The Morgan fingerprint density at radius 3 is 2.95 bits per heavy atom. The highest BCUT2D eigenvalue weighted by atomic mass is 16.3. The van der Waals surface area contributed by atoms with Gasteiger partial charge in [-0.3, -0.25) is 4.79 Å². The maximum Gasteiger partial charge on any atom is 0.248 e. The number of nitrogens with zero attached hydrogens (tertiary/aromatic N) is 4. The number of phenols is 1. The molecule has 7 nitrogen and oxygen atoms in total. The average molecular weight is 271 g/mol. The topological polar surface area (TPSA) is 106 Å². The maximum absolute atomic E-state index is 11.8. The van der Waals surface area contributed by atoms with Crippen molar-refractivity contribution in [3.8, 4) is 5.75 Å². The first kappa shape index (κ1) is 12.3. The van der Waals surface area contributed by atoms with Crippen LogP contribution >= 0.6 is 0 Å². The van der Waals surface area contributed by atoms with E-state index in [9.17, 15) is 9.90 Å². The number of carbonyl (C=O) groups excluding carboxylic acids is 1. The van der Waals surface area contributed by atoms with Gasteiger partial charge in [0.1, 0.15) is 18.0 Å². The Morgan fingerprint density at radius 1 is 1.45 bits per heavy atom. The summed E-state index contributed by atoms with van der Waals surface area (Å²) in [6.07, 6.45) is 1.38. The highest BCUT2D eigenvalue weighted by Crippen LogP contribution is 2.35.